The van der Waals surface area contributed by atoms with Gasteiger partial charge in [-0.2, -0.15) is 0 Å². The third-order valence-corrected chi connectivity index (χ3v) is 4.01. The molecular formula is C18H15ClN4O2. The fourth-order valence-electron chi connectivity index (χ4n) is 2.34. The molecule has 0 saturated heterocycles. The second-order valence-electron chi connectivity index (χ2n) is 5.28. The standard InChI is InChI=1S/C18H15ClN4O2/c1-12-14(19)8-5-9-15(12)23-11-10-20-16(17(23)24)22-18(25)21-13-6-3-2-4-7-13/h2-11H,1H3,(H2,20,21,22,25). The van der Waals surface area contributed by atoms with E-state index in [-0.39, 0.29) is 5.82 Å². The minimum atomic E-state index is -0.545. The van der Waals surface area contributed by atoms with Crippen LogP contribution in [0.15, 0.2) is 65.7 Å². The smallest absolute Gasteiger partial charge is 0.308 e. The number of hydrogen-bond donors (Lipinski definition) is 2. The highest BCUT2D eigenvalue weighted by Gasteiger charge is 2.12. The highest BCUT2D eigenvalue weighted by Crippen LogP contribution is 2.21. The number of rotatable bonds is 3. The highest BCUT2D eigenvalue weighted by molar-refractivity contribution is 6.31. The van der Waals surface area contributed by atoms with Crippen molar-refractivity contribution >= 4 is 29.1 Å². The van der Waals surface area contributed by atoms with Gasteiger partial charge in [0.15, 0.2) is 0 Å². The number of carbonyl (C=O) groups is 1. The Labute approximate surface area is 149 Å². The maximum absolute atomic E-state index is 12.6. The van der Waals surface area contributed by atoms with Gasteiger partial charge in [0.2, 0.25) is 5.82 Å². The zero-order valence-electron chi connectivity index (χ0n) is 13.4. The summed E-state index contributed by atoms with van der Waals surface area (Å²) in [6.45, 7) is 1.82. The highest BCUT2D eigenvalue weighted by atomic mass is 35.5. The van der Waals surface area contributed by atoms with E-state index in [1.54, 1.807) is 42.5 Å². The molecule has 2 N–H and O–H groups in total. The average molecular weight is 355 g/mol. The first-order valence-electron chi connectivity index (χ1n) is 7.52. The molecule has 0 aliphatic heterocycles. The van der Waals surface area contributed by atoms with Crippen LogP contribution in [0.5, 0.6) is 0 Å². The summed E-state index contributed by atoms with van der Waals surface area (Å²) in [6, 6.07) is 13.7. The van der Waals surface area contributed by atoms with Gasteiger partial charge in [0, 0.05) is 23.1 Å². The Balaban J connectivity index is 1.88. The normalized spacial score (nSPS) is 10.3. The number of para-hydroxylation sites is 1. The molecule has 2 amide bonds. The molecule has 1 heterocycles. The summed E-state index contributed by atoms with van der Waals surface area (Å²) in [7, 11) is 0. The minimum absolute atomic E-state index is 0.0738. The van der Waals surface area contributed by atoms with Crippen molar-refractivity contribution in [2.45, 2.75) is 6.92 Å². The number of carbonyl (C=O) groups excluding carboxylic acids is 1. The Morgan fingerprint density at radius 3 is 2.60 bits per heavy atom. The molecule has 7 heteroatoms. The van der Waals surface area contributed by atoms with Crippen molar-refractivity contribution in [3.8, 4) is 5.69 Å². The van der Waals surface area contributed by atoms with Crippen molar-refractivity contribution in [3.63, 3.8) is 0 Å². The average Bonchev–Trinajstić information content (AvgIpc) is 2.60. The van der Waals surface area contributed by atoms with Gasteiger partial charge in [-0.3, -0.25) is 14.7 Å². The lowest BCUT2D eigenvalue weighted by atomic mass is 10.2. The Morgan fingerprint density at radius 1 is 1.08 bits per heavy atom. The van der Waals surface area contributed by atoms with Gasteiger partial charge in [0.25, 0.3) is 5.56 Å². The number of nitrogens with one attached hydrogen (secondary N) is 2. The molecule has 0 atom stereocenters. The minimum Gasteiger partial charge on any atom is -0.308 e. The van der Waals surface area contributed by atoms with E-state index < -0.39 is 11.6 Å². The maximum Gasteiger partial charge on any atom is 0.325 e. The van der Waals surface area contributed by atoms with Gasteiger partial charge in [-0.25, -0.2) is 9.78 Å². The number of urea groups is 1. The second kappa shape index (κ2) is 7.19. The third-order valence-electron chi connectivity index (χ3n) is 3.60. The summed E-state index contributed by atoms with van der Waals surface area (Å²) in [5, 5.41) is 5.67. The van der Waals surface area contributed by atoms with Crippen LogP contribution in [-0.2, 0) is 0 Å². The fraction of sp³-hybridized carbons (Fsp3) is 0.0556. The van der Waals surface area contributed by atoms with E-state index in [4.69, 9.17) is 11.6 Å². The Bertz CT molecular complexity index is 970. The van der Waals surface area contributed by atoms with Crippen molar-refractivity contribution < 1.29 is 4.79 Å². The number of hydrogen-bond acceptors (Lipinski definition) is 3. The van der Waals surface area contributed by atoms with Gasteiger partial charge in [0.1, 0.15) is 0 Å². The van der Waals surface area contributed by atoms with Gasteiger partial charge in [-0.15, -0.1) is 0 Å². The monoisotopic (exact) mass is 354 g/mol. The molecule has 1 aromatic heterocycles. The zero-order valence-corrected chi connectivity index (χ0v) is 14.1. The fourth-order valence-corrected chi connectivity index (χ4v) is 2.50. The van der Waals surface area contributed by atoms with E-state index in [1.165, 1.54) is 17.0 Å². The lowest BCUT2D eigenvalue weighted by Gasteiger charge is -2.12. The van der Waals surface area contributed by atoms with E-state index >= 15 is 0 Å². The zero-order chi connectivity index (χ0) is 17.8. The molecule has 3 rings (SSSR count). The number of aromatic nitrogens is 2. The van der Waals surface area contributed by atoms with E-state index in [0.29, 0.717) is 16.4 Å². The van der Waals surface area contributed by atoms with Crippen LogP contribution in [-0.4, -0.2) is 15.6 Å². The molecule has 6 nitrogen and oxygen atoms in total. The number of nitrogens with zero attached hydrogens (tertiary/aromatic N) is 2. The van der Waals surface area contributed by atoms with Gasteiger partial charge in [-0.05, 0) is 36.8 Å². The molecule has 0 aliphatic carbocycles. The van der Waals surface area contributed by atoms with Crippen LogP contribution in [0.25, 0.3) is 5.69 Å². The predicted molar refractivity (Wildman–Crippen MR) is 98.7 cm³/mol. The van der Waals surface area contributed by atoms with Crippen LogP contribution < -0.4 is 16.2 Å². The number of benzene rings is 2. The van der Waals surface area contributed by atoms with Crippen molar-refractivity contribution in [1.82, 2.24) is 9.55 Å². The molecule has 0 saturated carbocycles. The van der Waals surface area contributed by atoms with E-state index in [2.05, 4.69) is 15.6 Å². The molecular weight excluding hydrogens is 340 g/mol. The molecule has 2 aromatic carbocycles. The first kappa shape index (κ1) is 16.7. The van der Waals surface area contributed by atoms with E-state index in [1.807, 2.05) is 13.0 Å². The molecule has 0 fully saturated rings. The van der Waals surface area contributed by atoms with E-state index in [0.717, 1.165) is 5.56 Å². The molecule has 0 bridgehead atoms. The SMILES string of the molecule is Cc1c(Cl)cccc1-n1ccnc(NC(=O)Nc2ccccc2)c1=O. The third kappa shape index (κ3) is 3.70. The van der Waals surface area contributed by atoms with Crippen molar-refractivity contribution in [2.75, 3.05) is 10.6 Å². The van der Waals surface area contributed by atoms with Crippen molar-refractivity contribution in [3.05, 3.63) is 81.9 Å². The molecule has 25 heavy (non-hydrogen) atoms. The maximum atomic E-state index is 12.6. The molecule has 3 aromatic rings. The van der Waals surface area contributed by atoms with Gasteiger partial charge < -0.3 is 5.32 Å². The lowest BCUT2D eigenvalue weighted by Crippen LogP contribution is -2.28. The van der Waals surface area contributed by atoms with Crippen LogP contribution in [0.2, 0.25) is 5.02 Å². The van der Waals surface area contributed by atoms with Crippen LogP contribution in [0.3, 0.4) is 0 Å². The van der Waals surface area contributed by atoms with E-state index in [9.17, 15) is 9.59 Å². The summed E-state index contributed by atoms with van der Waals surface area (Å²) < 4.78 is 1.40. The van der Waals surface area contributed by atoms with Gasteiger partial charge in [0.05, 0.1) is 5.69 Å². The first-order valence-corrected chi connectivity index (χ1v) is 7.90. The number of amides is 2. The summed E-state index contributed by atoms with van der Waals surface area (Å²) in [5.74, 6) is -0.0738. The Morgan fingerprint density at radius 2 is 1.84 bits per heavy atom. The van der Waals surface area contributed by atoms with Crippen molar-refractivity contribution in [2.24, 2.45) is 0 Å². The second-order valence-corrected chi connectivity index (χ2v) is 5.69. The van der Waals surface area contributed by atoms with Crippen LogP contribution >= 0.6 is 11.6 Å². The summed E-state index contributed by atoms with van der Waals surface area (Å²) in [6.07, 6.45) is 2.97. The number of halogens is 1. The van der Waals surface area contributed by atoms with Gasteiger partial charge in [-0.1, -0.05) is 35.9 Å². The predicted octanol–water partition coefficient (Wildman–Crippen LogP) is 3.84. The summed E-state index contributed by atoms with van der Waals surface area (Å²) in [5.41, 5.74) is 1.56. The largest absolute Gasteiger partial charge is 0.325 e. The topological polar surface area (TPSA) is 76.0 Å². The molecule has 0 aliphatic rings. The van der Waals surface area contributed by atoms with Gasteiger partial charge >= 0.3 is 6.03 Å². The van der Waals surface area contributed by atoms with Crippen LogP contribution in [0.4, 0.5) is 16.3 Å². The van der Waals surface area contributed by atoms with Crippen LogP contribution in [0, 0.1) is 6.92 Å². The lowest BCUT2D eigenvalue weighted by molar-refractivity contribution is 0.262. The summed E-state index contributed by atoms with van der Waals surface area (Å²) in [4.78, 5) is 28.7. The quantitative estimate of drug-likeness (QED) is 0.750. The Kier molecular flexibility index (Phi) is 4.81. The molecule has 0 radical (unpaired) electrons. The number of anilines is 2. The first-order chi connectivity index (χ1) is 12.1. The molecule has 0 spiro atoms. The molecule has 0 unspecified atom stereocenters. The molecule has 126 valence electrons. The Hall–Kier alpha value is -3.12. The summed E-state index contributed by atoms with van der Waals surface area (Å²) >= 11 is 6.12. The van der Waals surface area contributed by atoms with Crippen molar-refractivity contribution in [1.29, 1.82) is 0 Å². The van der Waals surface area contributed by atoms with Crippen LogP contribution in [0.1, 0.15) is 5.56 Å².